The van der Waals surface area contributed by atoms with Crippen molar-refractivity contribution >= 4 is 29.0 Å². The van der Waals surface area contributed by atoms with Gasteiger partial charge in [0.2, 0.25) is 5.95 Å². The molecule has 1 aliphatic heterocycles. The summed E-state index contributed by atoms with van der Waals surface area (Å²) >= 11 is 0. The maximum atomic E-state index is 13.8. The molecule has 1 atom stereocenters. The molecule has 0 saturated carbocycles. The maximum absolute atomic E-state index is 13.8. The lowest BCUT2D eigenvalue weighted by Crippen LogP contribution is -2.49. The first-order valence-corrected chi connectivity index (χ1v) is 13.9. The van der Waals surface area contributed by atoms with Crippen LogP contribution in [0, 0.1) is 0 Å². The van der Waals surface area contributed by atoms with E-state index in [1.165, 1.54) is 4.57 Å². The van der Waals surface area contributed by atoms with Gasteiger partial charge in [0.05, 0.1) is 13.0 Å². The molecule has 1 unspecified atom stereocenters. The highest BCUT2D eigenvalue weighted by atomic mass is 16.6. The van der Waals surface area contributed by atoms with E-state index in [2.05, 4.69) is 10.2 Å². The number of alkyl carbamates (subject to hydrolysis) is 1. The summed E-state index contributed by atoms with van der Waals surface area (Å²) in [5, 5.41) is 2.99. The fraction of sp³-hybridized carbons (Fsp3) is 0.387. The van der Waals surface area contributed by atoms with Crippen LogP contribution in [-0.4, -0.2) is 55.7 Å². The molecular weight excluding hydrogens is 520 g/mol. The number of carbonyl (C=O) groups excluding carboxylic acids is 2. The van der Waals surface area contributed by atoms with Crippen LogP contribution in [0.5, 0.6) is 0 Å². The van der Waals surface area contributed by atoms with Gasteiger partial charge in [0.15, 0.2) is 16.9 Å². The first kappa shape index (κ1) is 28.1. The number of amides is 1. The minimum atomic E-state index is -0.590. The molecule has 41 heavy (non-hydrogen) atoms. The summed E-state index contributed by atoms with van der Waals surface area (Å²) in [5.74, 6) is 0.842. The van der Waals surface area contributed by atoms with E-state index in [9.17, 15) is 14.4 Å². The SMILES string of the molecule is Cn1c(CC(=O)c2ccccc2)nc2nc(N3CCCC(NC(=O)OC(C)(C)C)C3)n(Cc3ccccc3)c2c1=O. The quantitative estimate of drug-likeness (QED) is 0.341. The van der Waals surface area contributed by atoms with Gasteiger partial charge in [0.1, 0.15) is 11.4 Å². The maximum Gasteiger partial charge on any atom is 0.407 e. The molecule has 1 aliphatic rings. The van der Waals surface area contributed by atoms with Crippen molar-refractivity contribution < 1.29 is 14.3 Å². The van der Waals surface area contributed by atoms with Crippen molar-refractivity contribution in [1.82, 2.24) is 24.4 Å². The summed E-state index contributed by atoms with van der Waals surface area (Å²) in [4.78, 5) is 50.9. The second kappa shape index (κ2) is 11.6. The summed E-state index contributed by atoms with van der Waals surface area (Å²) in [6, 6.07) is 18.7. The highest BCUT2D eigenvalue weighted by Crippen LogP contribution is 2.25. The molecule has 10 nitrogen and oxygen atoms in total. The number of hydrogen-bond donors (Lipinski definition) is 1. The minimum absolute atomic E-state index is 0.0157. The highest BCUT2D eigenvalue weighted by Gasteiger charge is 2.29. The molecule has 1 saturated heterocycles. The van der Waals surface area contributed by atoms with Gasteiger partial charge in [0.25, 0.3) is 5.56 Å². The summed E-state index contributed by atoms with van der Waals surface area (Å²) < 4.78 is 8.81. The molecule has 0 spiro atoms. The molecule has 3 heterocycles. The zero-order chi connectivity index (χ0) is 29.1. The van der Waals surface area contributed by atoms with Crippen molar-refractivity contribution in [2.45, 2.75) is 58.2 Å². The molecule has 5 rings (SSSR count). The normalized spacial score (nSPS) is 15.6. The second-order valence-corrected chi connectivity index (χ2v) is 11.4. The number of nitrogens with zero attached hydrogens (tertiary/aromatic N) is 5. The number of nitrogens with one attached hydrogen (secondary N) is 1. The minimum Gasteiger partial charge on any atom is -0.444 e. The van der Waals surface area contributed by atoms with E-state index in [1.54, 1.807) is 19.2 Å². The first-order chi connectivity index (χ1) is 19.6. The number of Topliss-reactive ketones (excluding diaryl/α,β-unsaturated/α-hetero) is 1. The number of ether oxygens (including phenoxy) is 1. The Morgan fingerprint density at radius 1 is 1.02 bits per heavy atom. The van der Waals surface area contributed by atoms with Crippen LogP contribution in [0.4, 0.5) is 10.7 Å². The summed E-state index contributed by atoms with van der Waals surface area (Å²) in [7, 11) is 1.64. The third-order valence-electron chi connectivity index (χ3n) is 7.08. The largest absolute Gasteiger partial charge is 0.444 e. The Balaban J connectivity index is 1.51. The van der Waals surface area contributed by atoms with Crippen LogP contribution in [0.25, 0.3) is 11.2 Å². The lowest BCUT2D eigenvalue weighted by molar-refractivity contribution is 0.0499. The van der Waals surface area contributed by atoms with Crippen LogP contribution in [-0.2, 0) is 24.8 Å². The van der Waals surface area contributed by atoms with Gasteiger partial charge < -0.3 is 15.0 Å². The van der Waals surface area contributed by atoms with Gasteiger partial charge in [-0.25, -0.2) is 9.78 Å². The number of rotatable bonds is 7. The van der Waals surface area contributed by atoms with Crippen molar-refractivity contribution in [3.05, 3.63) is 88.0 Å². The lowest BCUT2D eigenvalue weighted by Gasteiger charge is -2.34. The van der Waals surface area contributed by atoms with E-state index in [-0.39, 0.29) is 23.8 Å². The molecule has 214 valence electrons. The molecule has 0 radical (unpaired) electrons. The van der Waals surface area contributed by atoms with E-state index in [4.69, 9.17) is 14.7 Å². The Hall–Kier alpha value is -4.47. The molecule has 0 bridgehead atoms. The van der Waals surface area contributed by atoms with Gasteiger partial charge >= 0.3 is 6.09 Å². The van der Waals surface area contributed by atoms with E-state index in [0.717, 1.165) is 18.4 Å². The summed E-state index contributed by atoms with van der Waals surface area (Å²) in [6.45, 7) is 7.15. The van der Waals surface area contributed by atoms with Crippen molar-refractivity contribution in [3.8, 4) is 0 Å². The van der Waals surface area contributed by atoms with Gasteiger partial charge in [-0.15, -0.1) is 0 Å². The molecule has 4 aromatic rings. The number of hydrogen-bond acceptors (Lipinski definition) is 7. The number of aromatic nitrogens is 4. The molecule has 0 aliphatic carbocycles. The second-order valence-electron chi connectivity index (χ2n) is 11.4. The van der Waals surface area contributed by atoms with Crippen molar-refractivity contribution in [1.29, 1.82) is 0 Å². The average molecular weight is 557 g/mol. The Kier molecular flexibility index (Phi) is 7.92. The Morgan fingerprint density at radius 3 is 2.39 bits per heavy atom. The van der Waals surface area contributed by atoms with Crippen molar-refractivity contribution in [2.75, 3.05) is 18.0 Å². The van der Waals surface area contributed by atoms with Gasteiger partial charge in [-0.2, -0.15) is 4.98 Å². The van der Waals surface area contributed by atoms with Gasteiger partial charge in [-0.05, 0) is 39.2 Å². The van der Waals surface area contributed by atoms with Gasteiger partial charge in [0, 0.05) is 31.7 Å². The number of anilines is 1. The zero-order valence-corrected chi connectivity index (χ0v) is 24.0. The average Bonchev–Trinajstić information content (AvgIpc) is 3.29. The van der Waals surface area contributed by atoms with E-state index < -0.39 is 11.7 Å². The predicted molar refractivity (Wildman–Crippen MR) is 157 cm³/mol. The number of piperidine rings is 1. The first-order valence-electron chi connectivity index (χ1n) is 13.9. The number of imidazole rings is 1. The number of benzene rings is 2. The third kappa shape index (κ3) is 6.48. The van der Waals surface area contributed by atoms with Crippen LogP contribution in [0.3, 0.4) is 0 Å². The van der Waals surface area contributed by atoms with E-state index in [1.807, 2.05) is 73.9 Å². The zero-order valence-electron chi connectivity index (χ0n) is 24.0. The lowest BCUT2D eigenvalue weighted by atomic mass is 10.1. The van der Waals surface area contributed by atoms with Crippen LogP contribution < -0.4 is 15.8 Å². The Labute approximate surface area is 239 Å². The highest BCUT2D eigenvalue weighted by molar-refractivity contribution is 5.97. The topological polar surface area (TPSA) is 111 Å². The van der Waals surface area contributed by atoms with E-state index in [0.29, 0.717) is 48.1 Å². The fourth-order valence-electron chi connectivity index (χ4n) is 5.13. The monoisotopic (exact) mass is 556 g/mol. The molecule has 1 N–H and O–H groups in total. The molecule has 2 aromatic heterocycles. The van der Waals surface area contributed by atoms with Crippen LogP contribution >= 0.6 is 0 Å². The Morgan fingerprint density at radius 2 is 1.71 bits per heavy atom. The van der Waals surface area contributed by atoms with Crippen LogP contribution in [0.15, 0.2) is 65.5 Å². The molecule has 1 amide bonds. The molecule has 1 fully saturated rings. The number of carbonyl (C=O) groups is 2. The predicted octanol–water partition coefficient (Wildman–Crippen LogP) is 4.10. The smallest absolute Gasteiger partial charge is 0.407 e. The van der Waals surface area contributed by atoms with Crippen molar-refractivity contribution in [3.63, 3.8) is 0 Å². The van der Waals surface area contributed by atoms with Crippen LogP contribution in [0.1, 0.15) is 55.4 Å². The Bertz CT molecular complexity index is 1610. The molecular formula is C31H36N6O4. The van der Waals surface area contributed by atoms with Crippen LogP contribution in [0.2, 0.25) is 0 Å². The number of ketones is 1. The van der Waals surface area contributed by atoms with Crippen molar-refractivity contribution in [2.24, 2.45) is 7.05 Å². The van der Waals surface area contributed by atoms with Gasteiger partial charge in [-0.1, -0.05) is 60.7 Å². The molecule has 10 heteroatoms. The summed E-state index contributed by atoms with van der Waals surface area (Å²) in [5.41, 5.74) is 1.41. The summed E-state index contributed by atoms with van der Waals surface area (Å²) in [6.07, 6.45) is 1.17. The standard InChI is InChI=1S/C31H36N6O4/c1-31(2,3)41-30(40)32-23-16-11-17-36(20-23)29-34-27-26(37(29)19-21-12-7-5-8-13-21)28(39)35(4)25(33-27)18-24(38)22-14-9-6-10-15-22/h5-10,12-15,23H,11,16-20H2,1-4H3,(H,32,40). The molecule has 2 aromatic carbocycles. The van der Waals surface area contributed by atoms with E-state index >= 15 is 0 Å². The van der Waals surface area contributed by atoms with Gasteiger partial charge in [-0.3, -0.25) is 18.7 Å². The fourth-order valence-corrected chi connectivity index (χ4v) is 5.13. The number of fused-ring (bicyclic) bond motifs is 1. The third-order valence-corrected chi connectivity index (χ3v) is 7.08.